The summed E-state index contributed by atoms with van der Waals surface area (Å²) in [7, 11) is 1.72. The highest BCUT2D eigenvalue weighted by molar-refractivity contribution is 5.44. The van der Waals surface area contributed by atoms with Crippen molar-refractivity contribution in [2.24, 2.45) is 0 Å². The molecule has 0 unspecified atom stereocenters. The van der Waals surface area contributed by atoms with Crippen LogP contribution in [0.2, 0.25) is 0 Å². The third-order valence-electron chi connectivity index (χ3n) is 3.28. The van der Waals surface area contributed by atoms with E-state index in [4.69, 9.17) is 10.5 Å². The Morgan fingerprint density at radius 2 is 1.79 bits per heavy atom. The summed E-state index contributed by atoms with van der Waals surface area (Å²) < 4.78 is 5.41. The fourth-order valence-electron chi connectivity index (χ4n) is 2.28. The number of hydrogen-bond donors (Lipinski definition) is 1. The van der Waals surface area contributed by atoms with E-state index in [1.54, 1.807) is 7.11 Å². The molecule has 0 aromatic heterocycles. The van der Waals surface area contributed by atoms with Gasteiger partial charge >= 0.3 is 0 Å². The molecule has 0 fully saturated rings. The van der Waals surface area contributed by atoms with Crippen molar-refractivity contribution in [3.63, 3.8) is 0 Å². The summed E-state index contributed by atoms with van der Waals surface area (Å²) in [5, 5.41) is 0. The molecule has 0 bridgehead atoms. The summed E-state index contributed by atoms with van der Waals surface area (Å²) in [5.41, 5.74) is 10.4. The third-order valence-corrected chi connectivity index (χ3v) is 3.28. The Hall–Kier alpha value is -1.96. The molecule has 0 saturated heterocycles. The summed E-state index contributed by atoms with van der Waals surface area (Å²) in [6, 6.07) is 14.4. The Bertz CT molecular complexity index is 561. The molecular formula is C17H21NO. The predicted octanol–water partition coefficient (Wildman–Crippen LogP) is 3.99. The van der Waals surface area contributed by atoms with Gasteiger partial charge in [0.2, 0.25) is 0 Å². The number of nitrogen functional groups attached to an aromatic ring is 1. The van der Waals surface area contributed by atoms with Crippen LogP contribution < -0.4 is 10.5 Å². The molecule has 2 aromatic rings. The topological polar surface area (TPSA) is 35.2 Å². The molecule has 0 aliphatic carbocycles. The quantitative estimate of drug-likeness (QED) is 0.838. The molecule has 0 amide bonds. The summed E-state index contributed by atoms with van der Waals surface area (Å²) in [6.45, 7) is 4.37. The maximum atomic E-state index is 5.82. The van der Waals surface area contributed by atoms with Crippen LogP contribution in [-0.4, -0.2) is 7.11 Å². The highest BCUT2D eigenvalue weighted by atomic mass is 16.5. The number of ether oxygens (including phenoxy) is 1. The van der Waals surface area contributed by atoms with Crippen molar-refractivity contribution in [1.82, 2.24) is 0 Å². The highest BCUT2D eigenvalue weighted by Gasteiger charge is 2.08. The summed E-state index contributed by atoms with van der Waals surface area (Å²) in [5.74, 6) is 1.42. The molecule has 0 spiro atoms. The maximum absolute atomic E-state index is 5.82. The van der Waals surface area contributed by atoms with Crippen molar-refractivity contribution in [2.75, 3.05) is 12.8 Å². The van der Waals surface area contributed by atoms with Gasteiger partial charge in [0.1, 0.15) is 5.75 Å². The molecule has 0 radical (unpaired) electrons. The zero-order chi connectivity index (χ0) is 13.8. The molecule has 0 aliphatic heterocycles. The Labute approximate surface area is 115 Å². The van der Waals surface area contributed by atoms with Crippen molar-refractivity contribution in [3.8, 4) is 5.75 Å². The molecule has 2 aromatic carbocycles. The first-order chi connectivity index (χ1) is 9.10. The second kappa shape index (κ2) is 5.79. The number of rotatable bonds is 4. The van der Waals surface area contributed by atoms with Gasteiger partial charge < -0.3 is 10.5 Å². The van der Waals surface area contributed by atoms with Crippen molar-refractivity contribution in [2.45, 2.75) is 26.2 Å². The number of hydrogen-bond acceptors (Lipinski definition) is 2. The summed E-state index contributed by atoms with van der Waals surface area (Å²) in [4.78, 5) is 0. The first-order valence-electron chi connectivity index (χ1n) is 6.61. The molecule has 2 heteroatoms. The molecule has 19 heavy (non-hydrogen) atoms. The zero-order valence-electron chi connectivity index (χ0n) is 11.8. The molecule has 2 rings (SSSR count). The van der Waals surface area contributed by atoms with E-state index in [0.717, 1.165) is 17.9 Å². The lowest BCUT2D eigenvalue weighted by Gasteiger charge is -2.13. The first kappa shape index (κ1) is 13.5. The second-order valence-electron chi connectivity index (χ2n) is 5.15. The molecule has 0 heterocycles. The third kappa shape index (κ3) is 3.28. The zero-order valence-corrected chi connectivity index (χ0v) is 11.8. The smallest absolute Gasteiger partial charge is 0.122 e. The maximum Gasteiger partial charge on any atom is 0.122 e. The molecule has 2 N–H and O–H groups in total. The Balaban J connectivity index is 2.28. The van der Waals surface area contributed by atoms with Gasteiger partial charge in [-0.3, -0.25) is 0 Å². The number of nitrogens with two attached hydrogens (primary N) is 1. The van der Waals surface area contributed by atoms with Crippen LogP contribution in [0.1, 0.15) is 36.5 Å². The highest BCUT2D eigenvalue weighted by Crippen LogP contribution is 2.28. The van der Waals surface area contributed by atoms with Crippen LogP contribution in [0.25, 0.3) is 0 Å². The minimum absolute atomic E-state index is 0.454. The molecule has 0 aliphatic rings. The fraction of sp³-hybridized carbons (Fsp3) is 0.294. The Morgan fingerprint density at radius 1 is 1.05 bits per heavy atom. The SMILES string of the molecule is COc1ccc(Cc2cccc(N)c2)cc1C(C)C. The van der Waals surface area contributed by atoms with E-state index < -0.39 is 0 Å². The van der Waals surface area contributed by atoms with Gasteiger partial charge in [-0.25, -0.2) is 0 Å². The van der Waals surface area contributed by atoms with E-state index in [1.807, 2.05) is 18.2 Å². The van der Waals surface area contributed by atoms with E-state index in [-0.39, 0.29) is 0 Å². The van der Waals surface area contributed by atoms with Crippen LogP contribution in [0, 0.1) is 0 Å². The van der Waals surface area contributed by atoms with E-state index in [9.17, 15) is 0 Å². The molecule has 2 nitrogen and oxygen atoms in total. The molecule has 0 saturated carbocycles. The van der Waals surface area contributed by atoms with Gasteiger partial charge in [0.15, 0.2) is 0 Å². The fourth-order valence-corrected chi connectivity index (χ4v) is 2.28. The van der Waals surface area contributed by atoms with E-state index >= 15 is 0 Å². The lowest BCUT2D eigenvalue weighted by Crippen LogP contribution is -1.97. The monoisotopic (exact) mass is 255 g/mol. The predicted molar refractivity (Wildman–Crippen MR) is 80.7 cm³/mol. The lowest BCUT2D eigenvalue weighted by atomic mass is 9.96. The van der Waals surface area contributed by atoms with Crippen molar-refractivity contribution in [3.05, 3.63) is 59.2 Å². The van der Waals surface area contributed by atoms with Gasteiger partial charge in [0, 0.05) is 5.69 Å². The summed E-state index contributed by atoms with van der Waals surface area (Å²) in [6.07, 6.45) is 0.898. The van der Waals surface area contributed by atoms with Gasteiger partial charge in [-0.05, 0) is 47.2 Å². The van der Waals surface area contributed by atoms with Gasteiger partial charge in [0.05, 0.1) is 7.11 Å². The van der Waals surface area contributed by atoms with E-state index in [2.05, 4.69) is 38.1 Å². The normalized spacial score (nSPS) is 10.7. The minimum atomic E-state index is 0.454. The van der Waals surface area contributed by atoms with Crippen LogP contribution in [0.5, 0.6) is 5.75 Å². The summed E-state index contributed by atoms with van der Waals surface area (Å²) >= 11 is 0. The van der Waals surface area contributed by atoms with Crippen LogP contribution in [0.3, 0.4) is 0 Å². The second-order valence-corrected chi connectivity index (χ2v) is 5.15. The van der Waals surface area contributed by atoms with Gasteiger partial charge in [0.25, 0.3) is 0 Å². The van der Waals surface area contributed by atoms with Crippen molar-refractivity contribution < 1.29 is 4.74 Å². The van der Waals surface area contributed by atoms with Gasteiger partial charge in [-0.15, -0.1) is 0 Å². The molecular weight excluding hydrogens is 234 g/mol. The number of anilines is 1. The van der Waals surface area contributed by atoms with E-state index in [0.29, 0.717) is 5.92 Å². The average Bonchev–Trinajstić information content (AvgIpc) is 2.38. The average molecular weight is 255 g/mol. The van der Waals surface area contributed by atoms with Gasteiger partial charge in [-0.1, -0.05) is 38.1 Å². The molecule has 100 valence electrons. The Kier molecular flexibility index (Phi) is 4.10. The largest absolute Gasteiger partial charge is 0.496 e. The van der Waals surface area contributed by atoms with Crippen molar-refractivity contribution in [1.29, 1.82) is 0 Å². The first-order valence-corrected chi connectivity index (χ1v) is 6.61. The van der Waals surface area contributed by atoms with E-state index in [1.165, 1.54) is 16.7 Å². The van der Waals surface area contributed by atoms with Crippen LogP contribution >= 0.6 is 0 Å². The standard InChI is InChI=1S/C17H21NO/c1-12(2)16-11-14(7-8-17(16)19-3)9-13-5-4-6-15(18)10-13/h4-8,10-12H,9,18H2,1-3H3. The Morgan fingerprint density at radius 3 is 2.42 bits per heavy atom. The van der Waals surface area contributed by atoms with Crippen molar-refractivity contribution >= 4 is 5.69 Å². The lowest BCUT2D eigenvalue weighted by molar-refractivity contribution is 0.407. The van der Waals surface area contributed by atoms with Crippen LogP contribution in [0.4, 0.5) is 5.69 Å². The number of methoxy groups -OCH3 is 1. The van der Waals surface area contributed by atoms with Crippen LogP contribution in [-0.2, 0) is 6.42 Å². The minimum Gasteiger partial charge on any atom is -0.496 e. The molecule has 0 atom stereocenters. The van der Waals surface area contributed by atoms with Crippen LogP contribution in [0.15, 0.2) is 42.5 Å². The number of benzene rings is 2. The van der Waals surface area contributed by atoms with Gasteiger partial charge in [-0.2, -0.15) is 0 Å².